The van der Waals surface area contributed by atoms with Crippen LogP contribution in [0.25, 0.3) is 0 Å². The molecule has 86 valence electrons. The molecular weight excluding hydrogens is 204 g/mol. The Kier molecular flexibility index (Phi) is 3.14. The van der Waals surface area contributed by atoms with Gasteiger partial charge in [-0.05, 0) is 33.6 Å². The normalized spacial score (nSPS) is 28.2. The molecule has 4 nitrogen and oxygen atoms in total. The zero-order chi connectivity index (χ0) is 12.4. The van der Waals surface area contributed by atoms with E-state index in [1.54, 1.807) is 20.8 Å². The second kappa shape index (κ2) is 4.06. The van der Waals surface area contributed by atoms with Crippen LogP contribution >= 0.6 is 0 Å². The minimum absolute atomic E-state index is 0.0783. The maximum atomic E-state index is 11.5. The molecular formula is C12H16N2O2. The number of carbonyl (C=O) groups excluding carboxylic acids is 1. The van der Waals surface area contributed by atoms with Gasteiger partial charge in [0.15, 0.2) is 0 Å². The van der Waals surface area contributed by atoms with Crippen molar-refractivity contribution in [3.05, 3.63) is 0 Å². The number of nitriles is 1. The molecule has 1 amide bonds. The maximum Gasteiger partial charge on any atom is 0.408 e. The first-order chi connectivity index (χ1) is 7.30. The molecule has 1 aliphatic carbocycles. The number of hydrogen-bond acceptors (Lipinski definition) is 3. The number of nitrogens with one attached hydrogen (secondary N) is 1. The molecule has 1 fully saturated rings. The van der Waals surface area contributed by atoms with Gasteiger partial charge in [-0.1, -0.05) is 0 Å². The van der Waals surface area contributed by atoms with Crippen molar-refractivity contribution >= 4 is 6.09 Å². The lowest BCUT2D eigenvalue weighted by atomic mass is 9.69. The van der Waals surface area contributed by atoms with Gasteiger partial charge in [-0.3, -0.25) is 0 Å². The van der Waals surface area contributed by atoms with Crippen molar-refractivity contribution in [3.63, 3.8) is 0 Å². The summed E-state index contributed by atoms with van der Waals surface area (Å²) in [5, 5.41) is 11.6. The van der Waals surface area contributed by atoms with E-state index in [0.717, 1.165) is 0 Å². The van der Waals surface area contributed by atoms with Gasteiger partial charge in [0.2, 0.25) is 0 Å². The maximum absolute atomic E-state index is 11.5. The molecule has 1 rings (SSSR count). The standard InChI is InChI=1S/C12H16N2O2/c1-5-9-6-12(7-9,8-13)14-10(15)16-11(2,3)4/h1,9H,6-7H2,2-4H3,(H,14,15). The van der Waals surface area contributed by atoms with Crippen LogP contribution in [0.5, 0.6) is 0 Å². The molecule has 0 unspecified atom stereocenters. The molecule has 0 radical (unpaired) electrons. The third kappa shape index (κ3) is 2.90. The Balaban J connectivity index is 2.52. The van der Waals surface area contributed by atoms with E-state index in [9.17, 15) is 4.79 Å². The summed E-state index contributed by atoms with van der Waals surface area (Å²) in [6.45, 7) is 5.32. The lowest BCUT2D eigenvalue weighted by molar-refractivity contribution is 0.0413. The summed E-state index contributed by atoms with van der Waals surface area (Å²) in [5.41, 5.74) is -1.39. The second-order valence-corrected chi connectivity index (χ2v) is 5.09. The molecule has 0 spiro atoms. The molecule has 1 N–H and O–H groups in total. The topological polar surface area (TPSA) is 62.1 Å². The minimum Gasteiger partial charge on any atom is -0.444 e. The Morgan fingerprint density at radius 2 is 2.12 bits per heavy atom. The Hall–Kier alpha value is -1.68. The van der Waals surface area contributed by atoms with Crippen molar-refractivity contribution in [1.82, 2.24) is 5.32 Å². The predicted molar refractivity (Wildman–Crippen MR) is 59.3 cm³/mol. The SMILES string of the molecule is C#CC1CC(C#N)(NC(=O)OC(C)(C)C)C1. The van der Waals surface area contributed by atoms with Crippen molar-refractivity contribution in [2.45, 2.75) is 44.8 Å². The first-order valence-corrected chi connectivity index (χ1v) is 5.19. The van der Waals surface area contributed by atoms with Crippen molar-refractivity contribution in [2.24, 2.45) is 5.92 Å². The summed E-state index contributed by atoms with van der Waals surface area (Å²) >= 11 is 0. The number of nitrogens with zero attached hydrogens (tertiary/aromatic N) is 1. The zero-order valence-corrected chi connectivity index (χ0v) is 9.83. The molecule has 1 aliphatic rings. The summed E-state index contributed by atoms with van der Waals surface area (Å²) in [4.78, 5) is 11.5. The third-order valence-electron chi connectivity index (χ3n) is 2.38. The molecule has 16 heavy (non-hydrogen) atoms. The Morgan fingerprint density at radius 1 is 1.56 bits per heavy atom. The van der Waals surface area contributed by atoms with Crippen LogP contribution in [0.4, 0.5) is 4.79 Å². The van der Waals surface area contributed by atoms with Crippen LogP contribution in [0.15, 0.2) is 0 Å². The quantitative estimate of drug-likeness (QED) is 0.685. The first kappa shape index (κ1) is 12.4. The molecule has 0 aromatic rings. The number of alkyl carbamates (subject to hydrolysis) is 1. The minimum atomic E-state index is -0.834. The summed E-state index contributed by atoms with van der Waals surface area (Å²) in [5.74, 6) is 2.65. The van der Waals surface area contributed by atoms with Crippen LogP contribution in [-0.4, -0.2) is 17.2 Å². The first-order valence-electron chi connectivity index (χ1n) is 5.19. The van der Waals surface area contributed by atoms with Crippen LogP contribution in [0, 0.1) is 29.6 Å². The summed E-state index contributed by atoms with van der Waals surface area (Å²) in [6.07, 6.45) is 5.67. The average molecular weight is 220 g/mol. The van der Waals surface area contributed by atoms with Gasteiger partial charge in [-0.15, -0.1) is 12.3 Å². The summed E-state index contributed by atoms with van der Waals surface area (Å²) in [6, 6.07) is 2.09. The van der Waals surface area contributed by atoms with Crippen LogP contribution in [0.3, 0.4) is 0 Å². The van der Waals surface area contributed by atoms with Crippen LogP contribution in [0.2, 0.25) is 0 Å². The van der Waals surface area contributed by atoms with Crippen molar-refractivity contribution < 1.29 is 9.53 Å². The number of amides is 1. The Morgan fingerprint density at radius 3 is 2.50 bits per heavy atom. The van der Waals surface area contributed by atoms with E-state index >= 15 is 0 Å². The van der Waals surface area contributed by atoms with Crippen molar-refractivity contribution in [3.8, 4) is 18.4 Å². The van der Waals surface area contributed by atoms with E-state index in [0.29, 0.717) is 12.8 Å². The van der Waals surface area contributed by atoms with E-state index in [-0.39, 0.29) is 5.92 Å². The highest BCUT2D eigenvalue weighted by atomic mass is 16.6. The van der Waals surface area contributed by atoms with E-state index in [4.69, 9.17) is 16.4 Å². The van der Waals surface area contributed by atoms with E-state index in [2.05, 4.69) is 17.3 Å². The van der Waals surface area contributed by atoms with Crippen LogP contribution < -0.4 is 5.32 Å². The van der Waals surface area contributed by atoms with E-state index in [1.807, 2.05) is 0 Å². The van der Waals surface area contributed by atoms with Gasteiger partial charge in [0.1, 0.15) is 11.1 Å². The van der Waals surface area contributed by atoms with Crippen LogP contribution in [0.1, 0.15) is 33.6 Å². The molecule has 4 heteroatoms. The fourth-order valence-electron chi connectivity index (χ4n) is 1.62. The van der Waals surface area contributed by atoms with Gasteiger partial charge >= 0.3 is 6.09 Å². The largest absolute Gasteiger partial charge is 0.444 e. The monoisotopic (exact) mass is 220 g/mol. The van der Waals surface area contributed by atoms with Crippen molar-refractivity contribution in [2.75, 3.05) is 0 Å². The highest BCUT2D eigenvalue weighted by Crippen LogP contribution is 2.36. The fraction of sp³-hybridized carbons (Fsp3) is 0.667. The van der Waals surface area contributed by atoms with Gasteiger partial charge in [0.05, 0.1) is 6.07 Å². The number of hydrogen-bond donors (Lipinski definition) is 1. The number of ether oxygens (including phenoxy) is 1. The fourth-order valence-corrected chi connectivity index (χ4v) is 1.62. The number of carbonyl (C=O) groups is 1. The number of rotatable bonds is 1. The second-order valence-electron chi connectivity index (χ2n) is 5.09. The lowest BCUT2D eigenvalue weighted by Gasteiger charge is -2.40. The molecule has 0 aromatic carbocycles. The van der Waals surface area contributed by atoms with E-state index in [1.165, 1.54) is 0 Å². The van der Waals surface area contributed by atoms with Crippen LogP contribution in [-0.2, 0) is 4.74 Å². The predicted octanol–water partition coefficient (Wildman–Crippen LogP) is 1.82. The Bertz CT molecular complexity index is 362. The Labute approximate surface area is 96.0 Å². The van der Waals surface area contributed by atoms with Gasteiger partial charge in [-0.2, -0.15) is 5.26 Å². The van der Waals surface area contributed by atoms with Crippen molar-refractivity contribution in [1.29, 1.82) is 5.26 Å². The van der Waals surface area contributed by atoms with Gasteiger partial charge in [0, 0.05) is 5.92 Å². The highest BCUT2D eigenvalue weighted by Gasteiger charge is 2.46. The smallest absolute Gasteiger partial charge is 0.408 e. The van der Waals surface area contributed by atoms with Gasteiger partial charge in [-0.25, -0.2) is 4.79 Å². The van der Waals surface area contributed by atoms with E-state index < -0.39 is 17.2 Å². The van der Waals surface area contributed by atoms with Gasteiger partial charge in [0.25, 0.3) is 0 Å². The van der Waals surface area contributed by atoms with Gasteiger partial charge < -0.3 is 10.1 Å². The molecule has 0 saturated heterocycles. The molecule has 0 atom stereocenters. The third-order valence-corrected chi connectivity index (χ3v) is 2.38. The number of terminal acetylenes is 1. The highest BCUT2D eigenvalue weighted by molar-refractivity contribution is 5.70. The molecule has 0 bridgehead atoms. The molecule has 0 aromatic heterocycles. The summed E-state index contributed by atoms with van der Waals surface area (Å²) in [7, 11) is 0. The molecule has 1 saturated carbocycles. The molecule has 0 aliphatic heterocycles. The summed E-state index contributed by atoms with van der Waals surface area (Å²) < 4.78 is 5.09. The zero-order valence-electron chi connectivity index (χ0n) is 9.83. The lowest BCUT2D eigenvalue weighted by Crippen LogP contribution is -2.56. The molecule has 0 heterocycles. The average Bonchev–Trinajstić information content (AvgIpc) is 2.07.